The van der Waals surface area contributed by atoms with Crippen molar-refractivity contribution in [3.8, 4) is 0 Å². The summed E-state index contributed by atoms with van der Waals surface area (Å²) in [4.78, 5) is -0.0658. The predicted octanol–water partition coefficient (Wildman–Crippen LogP) is 3.24. The van der Waals surface area contributed by atoms with Crippen LogP contribution in [-0.4, -0.2) is 5.51 Å². The van der Waals surface area contributed by atoms with Gasteiger partial charge in [-0.15, -0.1) is 0 Å². The first-order valence-electron chi connectivity index (χ1n) is 2.90. The Bertz CT molecular complexity index is 251. The molecule has 0 bridgehead atoms. The fraction of sp³-hybridized carbons (Fsp3) is 0.143. The minimum Gasteiger partial charge on any atom is -0.206 e. The highest BCUT2D eigenvalue weighted by Gasteiger charge is 2.28. The first-order valence-corrected chi connectivity index (χ1v) is 3.72. The summed E-state index contributed by atoms with van der Waals surface area (Å²) in [6, 6.07) is 5.00. The van der Waals surface area contributed by atoms with Crippen molar-refractivity contribution in [2.24, 2.45) is 0 Å². The number of alkyl halides is 3. The normalized spacial score (nSPS) is 11.7. The summed E-state index contributed by atoms with van der Waals surface area (Å²) in [5.41, 5.74) is -4.33. The number of hydrogen-bond donors (Lipinski definition) is 0. The molecule has 1 rings (SSSR count). The van der Waals surface area contributed by atoms with Crippen molar-refractivity contribution in [3.05, 3.63) is 30.1 Å². The highest BCUT2D eigenvalue weighted by molar-refractivity contribution is 8.00. The van der Waals surface area contributed by atoms with E-state index in [4.69, 9.17) is 0 Å². The highest BCUT2D eigenvalue weighted by Crippen LogP contribution is 2.36. The summed E-state index contributed by atoms with van der Waals surface area (Å²) in [5, 5.41) is 0. The summed E-state index contributed by atoms with van der Waals surface area (Å²) >= 11 is -0.288. The average Bonchev–Trinajstić information content (AvgIpc) is 1.91. The minimum atomic E-state index is -4.33. The molecule has 0 unspecified atom stereocenters. The topological polar surface area (TPSA) is 0 Å². The van der Waals surface area contributed by atoms with E-state index in [0.717, 1.165) is 18.2 Å². The predicted molar refractivity (Wildman–Crippen MR) is 37.1 cm³/mol. The molecule has 0 aliphatic heterocycles. The third-order valence-electron chi connectivity index (χ3n) is 0.980. The van der Waals surface area contributed by atoms with Gasteiger partial charge in [0, 0.05) is 11.0 Å². The zero-order valence-corrected chi connectivity index (χ0v) is 6.47. The minimum absolute atomic E-state index is 0.0658. The molecule has 1 aromatic carbocycles. The number of rotatable bonds is 1. The third kappa shape index (κ3) is 3.13. The van der Waals surface area contributed by atoms with Crippen molar-refractivity contribution in [1.29, 1.82) is 0 Å². The van der Waals surface area contributed by atoms with Crippen molar-refractivity contribution in [2.75, 3.05) is 0 Å². The van der Waals surface area contributed by atoms with Gasteiger partial charge in [-0.25, -0.2) is 4.39 Å². The number of benzene rings is 1. The monoisotopic (exact) mass is 195 g/mol. The number of halogens is 4. The van der Waals surface area contributed by atoms with E-state index in [1.54, 1.807) is 0 Å². The summed E-state index contributed by atoms with van der Waals surface area (Å²) < 4.78 is 47.3. The van der Waals surface area contributed by atoms with E-state index in [1.165, 1.54) is 0 Å². The van der Waals surface area contributed by atoms with E-state index in [9.17, 15) is 17.6 Å². The molecule has 0 spiro atoms. The lowest BCUT2D eigenvalue weighted by Crippen LogP contribution is -1.98. The molecule has 0 N–H and O–H groups in total. The Morgan fingerprint density at radius 1 is 1.25 bits per heavy atom. The second-order valence-corrected chi connectivity index (χ2v) is 3.06. The molecule has 0 aliphatic carbocycles. The largest absolute Gasteiger partial charge is 0.446 e. The summed E-state index contributed by atoms with van der Waals surface area (Å²) in [6.45, 7) is 0. The molecule has 0 aromatic heterocycles. The SMILES string of the molecule is Fc1[c]cc(SC(F)(F)F)cc1. The molecule has 0 fully saturated rings. The van der Waals surface area contributed by atoms with E-state index in [-0.39, 0.29) is 16.7 Å². The van der Waals surface area contributed by atoms with E-state index in [1.807, 2.05) is 6.07 Å². The van der Waals surface area contributed by atoms with Crippen LogP contribution in [0.5, 0.6) is 0 Å². The van der Waals surface area contributed by atoms with Gasteiger partial charge in [0.25, 0.3) is 0 Å². The van der Waals surface area contributed by atoms with Crippen LogP contribution in [0.25, 0.3) is 0 Å². The Morgan fingerprint density at radius 2 is 1.92 bits per heavy atom. The molecule has 0 atom stereocenters. The van der Waals surface area contributed by atoms with Gasteiger partial charge in [-0.3, -0.25) is 0 Å². The Morgan fingerprint density at radius 3 is 2.33 bits per heavy atom. The first kappa shape index (κ1) is 9.38. The van der Waals surface area contributed by atoms with Crippen molar-refractivity contribution in [1.82, 2.24) is 0 Å². The molecule has 0 aliphatic rings. The lowest BCUT2D eigenvalue weighted by atomic mass is 10.4. The van der Waals surface area contributed by atoms with Crippen LogP contribution in [-0.2, 0) is 0 Å². The second-order valence-electron chi connectivity index (χ2n) is 1.92. The van der Waals surface area contributed by atoms with Crippen LogP contribution in [0.15, 0.2) is 23.1 Å². The van der Waals surface area contributed by atoms with Crippen molar-refractivity contribution in [3.63, 3.8) is 0 Å². The van der Waals surface area contributed by atoms with E-state index < -0.39 is 11.3 Å². The molecular weight excluding hydrogens is 192 g/mol. The molecule has 1 radical (unpaired) electrons. The maximum absolute atomic E-state index is 12.2. The Hall–Kier alpha value is -0.710. The van der Waals surface area contributed by atoms with Crippen LogP contribution in [0.3, 0.4) is 0 Å². The van der Waals surface area contributed by atoms with Gasteiger partial charge in [0.15, 0.2) is 0 Å². The quantitative estimate of drug-likeness (QED) is 0.489. The zero-order valence-electron chi connectivity index (χ0n) is 5.65. The number of hydrogen-bond acceptors (Lipinski definition) is 1. The van der Waals surface area contributed by atoms with Gasteiger partial charge in [-0.1, -0.05) is 0 Å². The van der Waals surface area contributed by atoms with E-state index in [2.05, 4.69) is 0 Å². The van der Waals surface area contributed by atoms with Crippen molar-refractivity contribution >= 4 is 11.8 Å². The Kier molecular flexibility index (Phi) is 2.62. The molecule has 12 heavy (non-hydrogen) atoms. The molecule has 0 amide bonds. The molecule has 0 saturated heterocycles. The van der Waals surface area contributed by atoms with Gasteiger partial charge >= 0.3 is 5.51 Å². The molecule has 1 aromatic rings. The van der Waals surface area contributed by atoms with Crippen LogP contribution in [0.1, 0.15) is 0 Å². The molecule has 0 heterocycles. The number of thioether (sulfide) groups is 1. The van der Waals surface area contributed by atoms with Crippen LogP contribution in [0.4, 0.5) is 17.6 Å². The maximum atomic E-state index is 12.2. The third-order valence-corrected chi connectivity index (χ3v) is 1.70. The molecular formula is C7H3F4S. The van der Waals surface area contributed by atoms with Gasteiger partial charge in [-0.2, -0.15) is 13.2 Å². The van der Waals surface area contributed by atoms with Gasteiger partial charge in [-0.05, 0) is 30.0 Å². The van der Waals surface area contributed by atoms with Crippen LogP contribution in [0.2, 0.25) is 0 Å². The average molecular weight is 195 g/mol. The van der Waals surface area contributed by atoms with Gasteiger partial charge in [0.1, 0.15) is 5.82 Å². The molecule has 0 nitrogen and oxygen atoms in total. The summed E-state index contributed by atoms with van der Waals surface area (Å²) in [7, 11) is 0. The van der Waals surface area contributed by atoms with Gasteiger partial charge in [0.2, 0.25) is 0 Å². The smallest absolute Gasteiger partial charge is 0.206 e. The highest BCUT2D eigenvalue weighted by atomic mass is 32.2. The second kappa shape index (κ2) is 3.35. The lowest BCUT2D eigenvalue weighted by Gasteiger charge is -2.03. The van der Waals surface area contributed by atoms with Crippen LogP contribution < -0.4 is 0 Å². The van der Waals surface area contributed by atoms with Crippen LogP contribution >= 0.6 is 11.8 Å². The standard InChI is InChI=1S/C7H3F4S/c8-5-1-3-6(4-2-5)12-7(9,10)11/h1,3-4H. The first-order chi connectivity index (χ1) is 5.47. The molecule has 0 saturated carbocycles. The maximum Gasteiger partial charge on any atom is 0.446 e. The summed E-state index contributed by atoms with van der Waals surface area (Å²) in [5.74, 6) is -0.665. The van der Waals surface area contributed by atoms with E-state index >= 15 is 0 Å². The molecule has 5 heteroatoms. The van der Waals surface area contributed by atoms with Gasteiger partial charge < -0.3 is 0 Å². The van der Waals surface area contributed by atoms with Crippen molar-refractivity contribution in [2.45, 2.75) is 10.4 Å². The van der Waals surface area contributed by atoms with Crippen molar-refractivity contribution < 1.29 is 17.6 Å². The summed E-state index contributed by atoms with van der Waals surface area (Å²) in [6.07, 6.45) is 0. The Labute approximate surface area is 70.6 Å². The van der Waals surface area contributed by atoms with Gasteiger partial charge in [0.05, 0.1) is 0 Å². The lowest BCUT2D eigenvalue weighted by molar-refractivity contribution is -0.0328. The zero-order chi connectivity index (χ0) is 9.19. The fourth-order valence-corrected chi connectivity index (χ4v) is 1.11. The van der Waals surface area contributed by atoms with E-state index in [0.29, 0.717) is 0 Å². The van der Waals surface area contributed by atoms with Crippen LogP contribution in [0, 0.1) is 11.9 Å². The molecule has 65 valence electrons. The fourth-order valence-electron chi connectivity index (χ4n) is 0.589. The Balaban J connectivity index is 2.71.